The molecule has 0 bridgehead atoms. The minimum atomic E-state index is -3.05. The van der Waals surface area contributed by atoms with Crippen LogP contribution in [0.4, 0.5) is 14.5 Å². The van der Waals surface area contributed by atoms with E-state index in [1.807, 2.05) is 29.8 Å². The maximum absolute atomic E-state index is 14.8. The normalized spacial score (nSPS) is 23.6. The number of fused-ring (bicyclic) bond motifs is 1. The van der Waals surface area contributed by atoms with Crippen molar-refractivity contribution in [3.63, 3.8) is 0 Å². The standard InChI is InChI=1S/C30H33F2N7O/c1-18(20-6-7-20)34-16-21-12-25(37-26-24(21)8-10-30(26,31)32)27(40)36-23-5-3-4-22(13-23)29(14-19(15-29)9-11-33)28-38-35-17-39(28)2/h3-5,12-13,17-20,34H,6-10,14-16H2,1-2H3,(H,36,40)/t18-,19?,29?/m0/s1. The molecule has 0 spiro atoms. The number of alkyl halides is 2. The molecule has 2 heterocycles. The van der Waals surface area contributed by atoms with Gasteiger partial charge in [-0.15, -0.1) is 10.2 Å². The Hall–Kier alpha value is -3.71. The minimum Gasteiger partial charge on any atom is -0.321 e. The Bertz CT molecular complexity index is 1480. The van der Waals surface area contributed by atoms with Crippen LogP contribution in [0, 0.1) is 23.2 Å². The van der Waals surface area contributed by atoms with Crippen molar-refractivity contribution in [2.24, 2.45) is 18.9 Å². The van der Waals surface area contributed by atoms with E-state index < -0.39 is 17.2 Å². The number of aromatic nitrogens is 4. The molecular weight excluding hydrogens is 512 g/mol. The summed E-state index contributed by atoms with van der Waals surface area (Å²) in [6, 6.07) is 11.7. The van der Waals surface area contributed by atoms with Crippen molar-refractivity contribution in [1.29, 1.82) is 5.26 Å². The summed E-state index contributed by atoms with van der Waals surface area (Å²) in [6.07, 6.45) is 5.97. The number of hydrogen-bond acceptors (Lipinski definition) is 6. The van der Waals surface area contributed by atoms with E-state index >= 15 is 0 Å². The first kappa shape index (κ1) is 26.5. The van der Waals surface area contributed by atoms with E-state index in [1.54, 1.807) is 18.5 Å². The van der Waals surface area contributed by atoms with Crippen LogP contribution >= 0.6 is 0 Å². The zero-order chi connectivity index (χ0) is 28.1. The number of nitriles is 1. The van der Waals surface area contributed by atoms with Gasteiger partial charge in [0.1, 0.15) is 23.5 Å². The number of nitrogens with one attached hydrogen (secondary N) is 2. The Morgan fingerprint density at radius 2 is 2.08 bits per heavy atom. The number of aryl methyl sites for hydroxylation is 1. The van der Waals surface area contributed by atoms with E-state index in [-0.39, 0.29) is 30.1 Å². The zero-order valence-electron chi connectivity index (χ0n) is 22.8. The van der Waals surface area contributed by atoms with Gasteiger partial charge in [-0.2, -0.15) is 14.0 Å². The molecule has 2 aromatic heterocycles. The summed E-state index contributed by atoms with van der Waals surface area (Å²) < 4.78 is 31.4. The Kier molecular flexibility index (Phi) is 6.65. The average Bonchev–Trinajstić information content (AvgIpc) is 3.61. The van der Waals surface area contributed by atoms with E-state index in [1.165, 1.54) is 12.8 Å². The summed E-state index contributed by atoms with van der Waals surface area (Å²) in [5.74, 6) is -1.88. The summed E-state index contributed by atoms with van der Waals surface area (Å²) in [5.41, 5.74) is 2.07. The van der Waals surface area contributed by atoms with Gasteiger partial charge < -0.3 is 15.2 Å². The molecule has 6 rings (SSSR count). The smallest absolute Gasteiger partial charge is 0.290 e. The largest absolute Gasteiger partial charge is 0.321 e. The van der Waals surface area contributed by atoms with Crippen LogP contribution in [-0.4, -0.2) is 31.7 Å². The summed E-state index contributed by atoms with van der Waals surface area (Å²) in [5, 5.41) is 24.0. The third-order valence-electron chi connectivity index (χ3n) is 8.90. The van der Waals surface area contributed by atoms with Crippen LogP contribution in [-0.2, 0) is 31.4 Å². The second-order valence-corrected chi connectivity index (χ2v) is 11.7. The van der Waals surface area contributed by atoms with Gasteiger partial charge in [-0.05, 0) is 85.8 Å². The summed E-state index contributed by atoms with van der Waals surface area (Å²) in [4.78, 5) is 17.6. The van der Waals surface area contributed by atoms with Gasteiger partial charge >= 0.3 is 0 Å². The lowest BCUT2D eigenvalue weighted by Crippen LogP contribution is -2.44. The quantitative estimate of drug-likeness (QED) is 0.392. The molecule has 2 fully saturated rings. The van der Waals surface area contributed by atoms with Crippen LogP contribution in [0.2, 0.25) is 0 Å². The predicted octanol–water partition coefficient (Wildman–Crippen LogP) is 5.00. The van der Waals surface area contributed by atoms with Crippen molar-refractivity contribution in [2.45, 2.75) is 75.8 Å². The molecule has 8 nitrogen and oxygen atoms in total. The molecule has 1 amide bonds. The molecule has 1 aromatic carbocycles. The highest BCUT2D eigenvalue weighted by molar-refractivity contribution is 6.03. The van der Waals surface area contributed by atoms with Gasteiger partial charge in [-0.1, -0.05) is 12.1 Å². The fourth-order valence-electron chi connectivity index (χ4n) is 6.47. The number of nitrogens with zero attached hydrogens (tertiary/aromatic N) is 5. The van der Waals surface area contributed by atoms with Crippen LogP contribution in [0.15, 0.2) is 36.7 Å². The number of benzene rings is 1. The lowest BCUT2D eigenvalue weighted by molar-refractivity contribution is -0.00602. The van der Waals surface area contributed by atoms with Crippen molar-refractivity contribution in [3.05, 3.63) is 70.6 Å². The third kappa shape index (κ3) is 4.77. The second-order valence-electron chi connectivity index (χ2n) is 11.7. The van der Waals surface area contributed by atoms with E-state index in [0.29, 0.717) is 41.7 Å². The molecular formula is C30H33F2N7O. The third-order valence-corrected chi connectivity index (χ3v) is 8.90. The first-order chi connectivity index (χ1) is 19.2. The second kappa shape index (κ2) is 10.0. The topological polar surface area (TPSA) is 109 Å². The van der Waals surface area contributed by atoms with Crippen molar-refractivity contribution < 1.29 is 13.6 Å². The van der Waals surface area contributed by atoms with Crippen LogP contribution in [0.5, 0.6) is 0 Å². The molecule has 10 heteroatoms. The Morgan fingerprint density at radius 1 is 1.27 bits per heavy atom. The molecule has 2 saturated carbocycles. The van der Waals surface area contributed by atoms with Crippen molar-refractivity contribution in [2.75, 3.05) is 5.32 Å². The Morgan fingerprint density at radius 3 is 2.77 bits per heavy atom. The number of hydrogen-bond donors (Lipinski definition) is 2. The first-order valence-corrected chi connectivity index (χ1v) is 14.0. The van der Waals surface area contributed by atoms with Gasteiger partial charge in [0, 0.05) is 38.2 Å². The minimum absolute atomic E-state index is 0.0117. The van der Waals surface area contributed by atoms with Gasteiger partial charge in [0.2, 0.25) is 0 Å². The lowest BCUT2D eigenvalue weighted by Gasteiger charge is -2.46. The number of rotatable bonds is 9. The number of halogens is 2. The van der Waals surface area contributed by atoms with E-state index in [2.05, 4.69) is 38.8 Å². The summed E-state index contributed by atoms with van der Waals surface area (Å²) >= 11 is 0. The van der Waals surface area contributed by atoms with Crippen molar-refractivity contribution in [3.8, 4) is 6.07 Å². The zero-order valence-corrected chi connectivity index (χ0v) is 22.8. The highest BCUT2D eigenvalue weighted by atomic mass is 19.3. The van der Waals surface area contributed by atoms with E-state index in [0.717, 1.165) is 24.2 Å². The summed E-state index contributed by atoms with van der Waals surface area (Å²) in [7, 11) is 1.90. The molecule has 0 unspecified atom stereocenters. The molecule has 0 saturated heterocycles. The molecule has 40 heavy (non-hydrogen) atoms. The predicted molar refractivity (Wildman–Crippen MR) is 145 cm³/mol. The van der Waals surface area contributed by atoms with E-state index in [4.69, 9.17) is 0 Å². The van der Waals surface area contributed by atoms with Crippen molar-refractivity contribution >= 4 is 11.6 Å². The molecule has 3 aromatic rings. The molecule has 2 N–H and O–H groups in total. The van der Waals surface area contributed by atoms with Crippen LogP contribution in [0.3, 0.4) is 0 Å². The van der Waals surface area contributed by atoms with Gasteiger partial charge in [0.25, 0.3) is 11.8 Å². The monoisotopic (exact) mass is 545 g/mol. The highest BCUT2D eigenvalue weighted by Gasteiger charge is 2.49. The van der Waals surface area contributed by atoms with Crippen LogP contribution in [0.25, 0.3) is 0 Å². The van der Waals surface area contributed by atoms with Crippen molar-refractivity contribution in [1.82, 2.24) is 25.1 Å². The number of carbonyl (C=O) groups is 1. The van der Waals surface area contributed by atoms with Crippen LogP contribution in [0.1, 0.15) is 84.1 Å². The molecule has 0 aliphatic heterocycles. The molecule has 3 aliphatic rings. The van der Waals surface area contributed by atoms with E-state index in [9.17, 15) is 18.8 Å². The number of carbonyl (C=O) groups excluding carboxylic acids is 1. The number of pyridine rings is 1. The SMILES string of the molecule is C[C@H](NCc1cc(C(=O)Nc2cccc(C3(c4nncn4C)CC(CC#N)C3)c2)nc2c1CCC2(F)F)C1CC1. The first-order valence-electron chi connectivity index (χ1n) is 14.0. The maximum Gasteiger partial charge on any atom is 0.290 e. The Labute approximate surface area is 232 Å². The van der Waals surface area contributed by atoms with Gasteiger partial charge in [-0.3, -0.25) is 4.79 Å². The van der Waals surface area contributed by atoms with Gasteiger partial charge in [-0.25, -0.2) is 4.98 Å². The number of anilines is 1. The Balaban J connectivity index is 1.27. The molecule has 1 atom stereocenters. The fraction of sp³-hybridized carbons (Fsp3) is 0.500. The highest BCUT2D eigenvalue weighted by Crippen LogP contribution is 2.53. The number of amides is 1. The van der Waals surface area contributed by atoms with Gasteiger partial charge in [0.15, 0.2) is 0 Å². The summed E-state index contributed by atoms with van der Waals surface area (Å²) in [6.45, 7) is 2.55. The van der Waals surface area contributed by atoms with Crippen LogP contribution < -0.4 is 10.6 Å². The fourth-order valence-corrected chi connectivity index (χ4v) is 6.47. The maximum atomic E-state index is 14.8. The average molecular weight is 546 g/mol. The molecule has 208 valence electrons. The lowest BCUT2D eigenvalue weighted by atomic mass is 9.57. The molecule has 3 aliphatic carbocycles. The molecule has 0 radical (unpaired) electrons. The van der Waals surface area contributed by atoms with Gasteiger partial charge in [0.05, 0.1) is 11.5 Å².